The molecule has 156 valence electrons. The smallest absolute Gasteiger partial charge is 0.347 e. The summed E-state index contributed by atoms with van der Waals surface area (Å²) >= 11 is 0. The lowest BCUT2D eigenvalue weighted by molar-refractivity contribution is -0.133. The Kier molecular flexibility index (Phi) is 7.79. The van der Waals surface area contributed by atoms with Gasteiger partial charge in [-0.1, -0.05) is 56.3 Å². The number of imidazole rings is 1. The Bertz CT molecular complexity index is 901. The van der Waals surface area contributed by atoms with Crippen LogP contribution >= 0.6 is 0 Å². The molecule has 2 aromatic rings. The number of carbonyl (C=O) groups excluding carboxylic acids is 2. The number of benzene rings is 1. The predicted octanol–water partition coefficient (Wildman–Crippen LogP) is 1.76. The first kappa shape index (κ1) is 22.0. The molecule has 0 aliphatic heterocycles. The minimum atomic E-state index is -1.20. The molecule has 0 aliphatic carbocycles. The van der Waals surface area contributed by atoms with Gasteiger partial charge in [0.2, 0.25) is 11.8 Å². The van der Waals surface area contributed by atoms with Crippen LogP contribution < -0.4 is 16.2 Å². The Labute approximate surface area is 168 Å². The molecule has 0 unspecified atom stereocenters. The van der Waals surface area contributed by atoms with Crippen molar-refractivity contribution < 1.29 is 19.9 Å². The third-order valence-corrected chi connectivity index (χ3v) is 4.29. The van der Waals surface area contributed by atoms with Gasteiger partial charge in [0.1, 0.15) is 6.04 Å². The first-order valence-electron chi connectivity index (χ1n) is 9.32. The fraction of sp³-hybridized carbons (Fsp3) is 0.350. The Hall–Kier alpha value is -3.33. The molecule has 9 heteroatoms. The highest BCUT2D eigenvalue weighted by molar-refractivity contribution is 5.95. The summed E-state index contributed by atoms with van der Waals surface area (Å²) in [4.78, 5) is 39.6. The van der Waals surface area contributed by atoms with Gasteiger partial charge in [0.05, 0.1) is 6.20 Å². The van der Waals surface area contributed by atoms with Crippen molar-refractivity contribution in [2.24, 2.45) is 5.92 Å². The first-order chi connectivity index (χ1) is 13.8. The number of carbonyl (C=O) groups is 2. The Morgan fingerprint density at radius 2 is 1.97 bits per heavy atom. The van der Waals surface area contributed by atoms with Gasteiger partial charge in [-0.25, -0.2) is 20.0 Å². The van der Waals surface area contributed by atoms with Gasteiger partial charge < -0.3 is 5.11 Å². The lowest BCUT2D eigenvalue weighted by Gasteiger charge is -2.29. The summed E-state index contributed by atoms with van der Waals surface area (Å²) in [6.45, 7) is 3.90. The van der Waals surface area contributed by atoms with Gasteiger partial charge in [-0.05, 0) is 24.3 Å². The fourth-order valence-electron chi connectivity index (χ4n) is 2.79. The predicted molar refractivity (Wildman–Crippen MR) is 108 cm³/mol. The highest BCUT2D eigenvalue weighted by Gasteiger charge is 2.32. The van der Waals surface area contributed by atoms with E-state index in [1.54, 1.807) is 17.6 Å². The third-order valence-electron chi connectivity index (χ3n) is 4.29. The van der Waals surface area contributed by atoms with Gasteiger partial charge in [-0.15, -0.1) is 0 Å². The van der Waals surface area contributed by atoms with Gasteiger partial charge >= 0.3 is 5.69 Å². The number of nitrogens with one attached hydrogen (secondary N) is 2. The normalized spacial score (nSPS) is 12.3. The van der Waals surface area contributed by atoms with E-state index in [-0.39, 0.29) is 18.8 Å². The molecular formula is C20H26N4O5. The molecule has 9 nitrogen and oxygen atoms in total. The zero-order chi connectivity index (χ0) is 21.4. The zero-order valence-corrected chi connectivity index (χ0v) is 16.4. The van der Waals surface area contributed by atoms with E-state index in [1.807, 2.05) is 44.2 Å². The second-order valence-corrected chi connectivity index (χ2v) is 7.00. The van der Waals surface area contributed by atoms with Crippen LogP contribution in [0.15, 0.2) is 47.4 Å². The van der Waals surface area contributed by atoms with E-state index in [4.69, 9.17) is 0 Å². The Morgan fingerprint density at radius 1 is 1.28 bits per heavy atom. The van der Waals surface area contributed by atoms with Crippen molar-refractivity contribution in [2.45, 2.75) is 39.2 Å². The molecule has 1 atom stereocenters. The van der Waals surface area contributed by atoms with Gasteiger partial charge in [0, 0.05) is 6.42 Å². The molecule has 4 N–H and O–H groups in total. The Balaban J connectivity index is 2.36. The van der Waals surface area contributed by atoms with Crippen LogP contribution in [0, 0.1) is 5.92 Å². The summed E-state index contributed by atoms with van der Waals surface area (Å²) in [5.41, 5.74) is 1.67. The summed E-state index contributed by atoms with van der Waals surface area (Å²) in [6, 6.07) is 8.14. The molecule has 0 saturated carbocycles. The SMILES string of the molecule is CC(C)CCC(=O)N([C@@H](CC=Cc1ccccc1)C(=O)NO)n1cc(O)[nH]c1=O. The van der Waals surface area contributed by atoms with E-state index in [9.17, 15) is 24.7 Å². The minimum absolute atomic E-state index is 0.0348. The first-order valence-corrected chi connectivity index (χ1v) is 9.32. The number of rotatable bonds is 9. The molecule has 1 heterocycles. The quantitative estimate of drug-likeness (QED) is 0.375. The summed E-state index contributed by atoms with van der Waals surface area (Å²) in [7, 11) is 0. The summed E-state index contributed by atoms with van der Waals surface area (Å²) in [5.74, 6) is -1.55. The molecule has 2 rings (SSSR count). The monoisotopic (exact) mass is 402 g/mol. The van der Waals surface area contributed by atoms with Crippen molar-refractivity contribution in [1.29, 1.82) is 0 Å². The van der Waals surface area contributed by atoms with E-state index in [2.05, 4.69) is 4.98 Å². The fourth-order valence-corrected chi connectivity index (χ4v) is 2.79. The number of hydroxylamine groups is 1. The van der Waals surface area contributed by atoms with E-state index in [0.717, 1.165) is 21.4 Å². The second-order valence-electron chi connectivity index (χ2n) is 7.00. The van der Waals surface area contributed by atoms with Crippen molar-refractivity contribution in [3.8, 4) is 5.88 Å². The molecule has 0 radical (unpaired) electrons. The van der Waals surface area contributed by atoms with E-state index < -0.39 is 29.4 Å². The van der Waals surface area contributed by atoms with E-state index in [1.165, 1.54) is 0 Å². The summed E-state index contributed by atoms with van der Waals surface area (Å²) in [5, 5.41) is 19.8. The topological polar surface area (TPSA) is 128 Å². The van der Waals surface area contributed by atoms with Crippen LogP contribution in [0.4, 0.5) is 0 Å². The number of hydrogen-bond acceptors (Lipinski definition) is 5. The number of aromatic nitrogens is 2. The molecular weight excluding hydrogens is 376 g/mol. The van der Waals surface area contributed by atoms with Crippen LogP contribution in [0.1, 0.15) is 38.7 Å². The highest BCUT2D eigenvalue weighted by Crippen LogP contribution is 2.13. The zero-order valence-electron chi connectivity index (χ0n) is 16.4. The van der Waals surface area contributed by atoms with Crippen molar-refractivity contribution >= 4 is 17.9 Å². The average molecular weight is 402 g/mol. The lowest BCUT2D eigenvalue weighted by Crippen LogP contribution is -2.57. The van der Waals surface area contributed by atoms with Crippen molar-refractivity contribution in [1.82, 2.24) is 15.1 Å². The summed E-state index contributed by atoms with van der Waals surface area (Å²) < 4.78 is 0.855. The number of amides is 2. The molecule has 0 aliphatic rings. The van der Waals surface area contributed by atoms with Crippen LogP contribution in [-0.2, 0) is 9.59 Å². The number of aromatic hydroxyl groups is 1. The number of nitrogens with zero attached hydrogens (tertiary/aromatic N) is 2. The van der Waals surface area contributed by atoms with Crippen molar-refractivity contribution in [3.63, 3.8) is 0 Å². The molecule has 1 aromatic carbocycles. The molecule has 0 spiro atoms. The maximum Gasteiger partial charge on any atom is 0.347 e. The van der Waals surface area contributed by atoms with Crippen molar-refractivity contribution in [3.05, 3.63) is 58.7 Å². The van der Waals surface area contributed by atoms with Gasteiger partial charge in [0.25, 0.3) is 5.91 Å². The third kappa shape index (κ3) is 6.08. The molecule has 0 bridgehead atoms. The molecule has 29 heavy (non-hydrogen) atoms. The van der Waals surface area contributed by atoms with Crippen LogP contribution in [0.3, 0.4) is 0 Å². The number of hydrogen-bond donors (Lipinski definition) is 4. The molecule has 2 amide bonds. The minimum Gasteiger partial charge on any atom is -0.493 e. The maximum absolute atomic E-state index is 12.9. The molecule has 0 fully saturated rings. The van der Waals surface area contributed by atoms with E-state index in [0.29, 0.717) is 6.42 Å². The van der Waals surface area contributed by atoms with Crippen LogP contribution in [0.5, 0.6) is 5.88 Å². The van der Waals surface area contributed by atoms with Gasteiger partial charge in [-0.2, -0.15) is 0 Å². The second kappa shape index (κ2) is 10.3. The van der Waals surface area contributed by atoms with Gasteiger partial charge in [0.15, 0.2) is 0 Å². The lowest BCUT2D eigenvalue weighted by atomic mass is 10.1. The standard InChI is InChI=1S/C20H26N4O5/c1-14(2)11-12-18(26)24(23-13-17(25)21-20(23)28)16(19(27)22-29)10-6-9-15-7-4-3-5-8-15/h3-9,13-14,16,25,29H,10-12H2,1-2H3,(H,21,28)(H,22,27)/t16-/m0/s1. The number of H-pyrrole nitrogens is 1. The van der Waals surface area contributed by atoms with Gasteiger partial charge in [-0.3, -0.25) is 19.8 Å². The van der Waals surface area contributed by atoms with E-state index >= 15 is 0 Å². The average Bonchev–Trinajstić information content (AvgIpc) is 3.03. The summed E-state index contributed by atoms with van der Waals surface area (Å²) in [6.07, 6.45) is 5.14. The number of aromatic amines is 1. The molecule has 1 aromatic heterocycles. The maximum atomic E-state index is 12.9. The Morgan fingerprint density at radius 3 is 2.52 bits per heavy atom. The van der Waals surface area contributed by atoms with Crippen LogP contribution in [0.25, 0.3) is 6.08 Å². The largest absolute Gasteiger partial charge is 0.493 e. The van der Waals surface area contributed by atoms with Crippen molar-refractivity contribution in [2.75, 3.05) is 5.01 Å². The van der Waals surface area contributed by atoms with Crippen LogP contribution in [-0.4, -0.2) is 37.8 Å². The molecule has 0 saturated heterocycles. The highest BCUT2D eigenvalue weighted by atomic mass is 16.5. The van der Waals surface area contributed by atoms with Crippen LogP contribution in [0.2, 0.25) is 0 Å².